The number of aliphatic carboxylic acids is 1. The van der Waals surface area contributed by atoms with Crippen molar-refractivity contribution in [3.05, 3.63) is 11.6 Å². The number of ether oxygens (including phenoxy) is 1. The van der Waals surface area contributed by atoms with E-state index >= 15 is 0 Å². The maximum Gasteiger partial charge on any atom is 0.303 e. The molecule has 164 valence electrons. The molecule has 8 atom stereocenters. The van der Waals surface area contributed by atoms with Crippen molar-refractivity contribution in [2.24, 2.45) is 28.6 Å². The Morgan fingerprint density at radius 1 is 1.27 bits per heavy atom. The number of carboxylic acids is 1. The van der Waals surface area contributed by atoms with Crippen molar-refractivity contribution < 1.29 is 29.3 Å². The lowest BCUT2D eigenvalue weighted by Gasteiger charge is -2.59. The first-order chi connectivity index (χ1) is 14.0. The lowest BCUT2D eigenvalue weighted by Crippen LogP contribution is -2.63. The van der Waals surface area contributed by atoms with Crippen LogP contribution in [0.5, 0.6) is 0 Å². The van der Waals surface area contributed by atoms with Gasteiger partial charge < -0.3 is 14.9 Å². The summed E-state index contributed by atoms with van der Waals surface area (Å²) < 4.78 is 6.55. The van der Waals surface area contributed by atoms with Gasteiger partial charge in [0.1, 0.15) is 11.4 Å². The Labute approximate surface area is 177 Å². The second-order valence-electron chi connectivity index (χ2n) is 11.0. The average Bonchev–Trinajstić information content (AvgIpc) is 3.32. The van der Waals surface area contributed by atoms with Crippen LogP contribution in [0.1, 0.15) is 72.1 Å². The van der Waals surface area contributed by atoms with E-state index in [1.54, 1.807) is 13.0 Å². The first kappa shape index (κ1) is 20.4. The van der Waals surface area contributed by atoms with E-state index in [1.165, 1.54) is 0 Å². The number of carboxylic acid groups (broad SMARTS) is 1. The SMILES string of the molecule is CC(=O)[C@@H]1CC2=CC(=O)CC[C@]2(C)[C@@]23OC2C[C@@]2(C)[C@@H](CC[C@@]2(O)CCC(=O)O)[C@H]13. The van der Waals surface area contributed by atoms with Crippen LogP contribution in [0.25, 0.3) is 0 Å². The lowest BCUT2D eigenvalue weighted by molar-refractivity contribution is -0.148. The first-order valence-electron chi connectivity index (χ1n) is 11.3. The number of Topliss-reactive ketones (excluding diaryl/α,β-unsaturated/α-hetero) is 1. The van der Waals surface area contributed by atoms with Gasteiger partial charge in [-0.15, -0.1) is 0 Å². The van der Waals surface area contributed by atoms with Gasteiger partial charge in [-0.25, -0.2) is 0 Å². The highest BCUT2D eigenvalue weighted by Crippen LogP contribution is 2.77. The van der Waals surface area contributed by atoms with Crippen LogP contribution in [0.15, 0.2) is 11.6 Å². The Kier molecular flexibility index (Phi) is 4.10. The molecule has 6 heteroatoms. The highest BCUT2D eigenvalue weighted by Gasteiger charge is 2.82. The number of epoxide rings is 1. The smallest absolute Gasteiger partial charge is 0.303 e. The summed E-state index contributed by atoms with van der Waals surface area (Å²) >= 11 is 0. The van der Waals surface area contributed by atoms with Crippen LogP contribution in [0.2, 0.25) is 0 Å². The highest BCUT2D eigenvalue weighted by molar-refractivity contribution is 5.92. The summed E-state index contributed by atoms with van der Waals surface area (Å²) in [4.78, 5) is 36.2. The van der Waals surface area contributed by atoms with Crippen LogP contribution in [0.3, 0.4) is 0 Å². The number of hydrogen-bond donors (Lipinski definition) is 2. The minimum Gasteiger partial charge on any atom is -0.481 e. The molecule has 1 unspecified atom stereocenters. The molecular formula is C24H32O6. The number of fused-ring (bicyclic) bond motifs is 3. The molecular weight excluding hydrogens is 384 g/mol. The summed E-state index contributed by atoms with van der Waals surface area (Å²) in [5.74, 6) is -0.725. The van der Waals surface area contributed by atoms with Gasteiger partial charge in [-0.1, -0.05) is 19.4 Å². The predicted octanol–water partition coefficient (Wildman–Crippen LogP) is 3.06. The normalized spacial score (nSPS) is 51.2. The Morgan fingerprint density at radius 2 is 2.00 bits per heavy atom. The predicted molar refractivity (Wildman–Crippen MR) is 108 cm³/mol. The number of carbonyl (C=O) groups excluding carboxylic acids is 2. The van der Waals surface area contributed by atoms with Crippen molar-refractivity contribution in [2.75, 3.05) is 0 Å². The van der Waals surface area contributed by atoms with Gasteiger partial charge in [-0.3, -0.25) is 14.4 Å². The molecule has 0 bridgehead atoms. The summed E-state index contributed by atoms with van der Waals surface area (Å²) in [7, 11) is 0. The third-order valence-electron chi connectivity index (χ3n) is 9.97. The third kappa shape index (κ3) is 2.30. The molecule has 3 saturated carbocycles. The molecule has 1 spiro atoms. The minimum absolute atomic E-state index is 0.00737. The number of carbonyl (C=O) groups is 3. The average molecular weight is 417 g/mol. The van der Waals surface area contributed by atoms with Crippen molar-refractivity contribution in [1.82, 2.24) is 0 Å². The van der Waals surface area contributed by atoms with Gasteiger partial charge in [0.2, 0.25) is 0 Å². The largest absolute Gasteiger partial charge is 0.481 e. The van der Waals surface area contributed by atoms with Crippen molar-refractivity contribution in [3.63, 3.8) is 0 Å². The molecule has 5 aliphatic rings. The van der Waals surface area contributed by atoms with E-state index < -0.39 is 22.6 Å². The zero-order valence-corrected chi connectivity index (χ0v) is 18.1. The Bertz CT molecular complexity index is 877. The van der Waals surface area contributed by atoms with Gasteiger partial charge in [0, 0.05) is 35.5 Å². The van der Waals surface area contributed by atoms with Crippen LogP contribution >= 0.6 is 0 Å². The number of hydrogen-bond acceptors (Lipinski definition) is 5. The molecule has 1 heterocycles. The topological polar surface area (TPSA) is 104 Å². The number of aliphatic hydroxyl groups is 1. The summed E-state index contributed by atoms with van der Waals surface area (Å²) in [5.41, 5.74) is -1.12. The standard InChI is InChI=1S/C24H32O6/c1-13(25)16-11-14-10-15(26)4-7-21(14,2)24-18(30-24)12-22(3)17(20(16)24)5-8-23(22,29)9-6-19(27)28/h10,16-18,20,29H,4-9,11-12H2,1-3H3,(H,27,28)/t16-,17-,18?,20-,21-,22-,23+,24+/m0/s1. The summed E-state index contributed by atoms with van der Waals surface area (Å²) in [6.07, 6.45) is 5.81. The zero-order valence-electron chi connectivity index (χ0n) is 18.1. The number of rotatable bonds is 4. The molecule has 4 aliphatic carbocycles. The van der Waals surface area contributed by atoms with Gasteiger partial charge in [-0.05, 0) is 57.4 Å². The molecule has 0 aromatic heterocycles. The van der Waals surface area contributed by atoms with E-state index in [0.29, 0.717) is 25.7 Å². The van der Waals surface area contributed by atoms with E-state index in [9.17, 15) is 24.6 Å². The van der Waals surface area contributed by atoms with Gasteiger partial charge in [-0.2, -0.15) is 0 Å². The summed E-state index contributed by atoms with van der Waals surface area (Å²) in [5, 5.41) is 20.8. The van der Waals surface area contributed by atoms with Crippen LogP contribution in [-0.2, 0) is 19.1 Å². The molecule has 6 nitrogen and oxygen atoms in total. The molecule has 0 amide bonds. The molecule has 30 heavy (non-hydrogen) atoms. The first-order valence-corrected chi connectivity index (χ1v) is 11.3. The molecule has 5 rings (SSSR count). The van der Waals surface area contributed by atoms with Crippen molar-refractivity contribution in [1.29, 1.82) is 0 Å². The van der Waals surface area contributed by atoms with Crippen LogP contribution < -0.4 is 0 Å². The molecule has 2 N–H and O–H groups in total. The number of ketones is 2. The van der Waals surface area contributed by atoms with Crippen molar-refractivity contribution in [3.8, 4) is 0 Å². The van der Waals surface area contributed by atoms with Crippen molar-refractivity contribution in [2.45, 2.75) is 89.4 Å². The fourth-order valence-corrected chi connectivity index (χ4v) is 8.24. The quantitative estimate of drug-likeness (QED) is 0.683. The third-order valence-corrected chi connectivity index (χ3v) is 9.97. The fourth-order valence-electron chi connectivity index (χ4n) is 8.24. The minimum atomic E-state index is -1.05. The zero-order chi connectivity index (χ0) is 21.7. The van der Waals surface area contributed by atoms with E-state index in [0.717, 1.165) is 18.4 Å². The van der Waals surface area contributed by atoms with Crippen LogP contribution in [-0.4, -0.2) is 45.1 Å². The summed E-state index contributed by atoms with van der Waals surface area (Å²) in [6, 6.07) is 0. The maximum absolute atomic E-state index is 12.8. The monoisotopic (exact) mass is 416 g/mol. The van der Waals surface area contributed by atoms with E-state index in [-0.39, 0.29) is 53.7 Å². The Hall–Kier alpha value is -1.53. The molecule has 0 aromatic rings. The lowest BCUT2D eigenvalue weighted by atomic mass is 9.43. The van der Waals surface area contributed by atoms with Gasteiger partial charge >= 0.3 is 5.97 Å². The van der Waals surface area contributed by atoms with Crippen molar-refractivity contribution >= 4 is 17.5 Å². The molecule has 4 fully saturated rings. The van der Waals surface area contributed by atoms with Gasteiger partial charge in [0.15, 0.2) is 5.78 Å². The van der Waals surface area contributed by atoms with Crippen LogP contribution in [0, 0.1) is 28.6 Å². The Balaban J connectivity index is 1.59. The highest BCUT2D eigenvalue weighted by atomic mass is 16.6. The maximum atomic E-state index is 12.8. The molecule has 0 aromatic carbocycles. The fraction of sp³-hybridized carbons (Fsp3) is 0.792. The van der Waals surface area contributed by atoms with Crippen LogP contribution in [0.4, 0.5) is 0 Å². The van der Waals surface area contributed by atoms with E-state index in [4.69, 9.17) is 4.74 Å². The van der Waals surface area contributed by atoms with Gasteiger partial charge in [0.25, 0.3) is 0 Å². The second kappa shape index (κ2) is 6.04. The molecule has 1 aliphatic heterocycles. The molecule has 0 radical (unpaired) electrons. The molecule has 1 saturated heterocycles. The summed E-state index contributed by atoms with van der Waals surface area (Å²) in [6.45, 7) is 5.94. The van der Waals surface area contributed by atoms with E-state index in [2.05, 4.69) is 13.8 Å². The second-order valence-corrected chi connectivity index (χ2v) is 11.0. The Morgan fingerprint density at radius 3 is 2.67 bits per heavy atom. The van der Waals surface area contributed by atoms with Gasteiger partial charge in [0.05, 0.1) is 11.7 Å². The van der Waals surface area contributed by atoms with E-state index in [1.807, 2.05) is 0 Å².